The third-order valence-electron chi connectivity index (χ3n) is 4.10. The fraction of sp³-hybridized carbons (Fsp3) is 1.00. The van der Waals surface area contributed by atoms with Crippen molar-refractivity contribution in [1.29, 1.82) is 0 Å². The van der Waals surface area contributed by atoms with Gasteiger partial charge in [-0.1, -0.05) is 6.92 Å². The monoisotopic (exact) mass is 226 g/mol. The summed E-state index contributed by atoms with van der Waals surface area (Å²) < 4.78 is 5.94. The highest BCUT2D eigenvalue weighted by Crippen LogP contribution is 2.22. The van der Waals surface area contributed by atoms with Gasteiger partial charge < -0.3 is 10.1 Å². The average molecular weight is 226 g/mol. The summed E-state index contributed by atoms with van der Waals surface area (Å²) in [6.45, 7) is 12.2. The number of piperidine rings is 1. The van der Waals surface area contributed by atoms with Crippen LogP contribution in [-0.4, -0.2) is 49.3 Å². The van der Waals surface area contributed by atoms with Crippen LogP contribution in [0.25, 0.3) is 0 Å². The molecule has 2 saturated heterocycles. The van der Waals surface area contributed by atoms with Gasteiger partial charge in [-0.2, -0.15) is 0 Å². The van der Waals surface area contributed by atoms with Gasteiger partial charge >= 0.3 is 0 Å². The molecule has 2 unspecified atom stereocenters. The summed E-state index contributed by atoms with van der Waals surface area (Å²) >= 11 is 0. The van der Waals surface area contributed by atoms with Crippen molar-refractivity contribution < 1.29 is 4.74 Å². The summed E-state index contributed by atoms with van der Waals surface area (Å²) in [7, 11) is 0. The molecule has 3 nitrogen and oxygen atoms in total. The van der Waals surface area contributed by atoms with Gasteiger partial charge in [-0.25, -0.2) is 0 Å². The Labute approximate surface area is 99.5 Å². The van der Waals surface area contributed by atoms with E-state index in [0.717, 1.165) is 38.2 Å². The van der Waals surface area contributed by atoms with Gasteiger partial charge in [0.2, 0.25) is 0 Å². The van der Waals surface area contributed by atoms with E-state index in [-0.39, 0.29) is 5.60 Å². The van der Waals surface area contributed by atoms with E-state index < -0.39 is 0 Å². The van der Waals surface area contributed by atoms with E-state index in [2.05, 4.69) is 31.0 Å². The summed E-state index contributed by atoms with van der Waals surface area (Å²) in [5.74, 6) is 0.903. The van der Waals surface area contributed by atoms with Gasteiger partial charge in [0.1, 0.15) is 0 Å². The van der Waals surface area contributed by atoms with Crippen LogP contribution in [0.1, 0.15) is 33.6 Å². The lowest BCUT2D eigenvalue weighted by molar-refractivity contribution is -0.0762. The fourth-order valence-electron chi connectivity index (χ4n) is 2.78. The quantitative estimate of drug-likeness (QED) is 0.786. The molecule has 2 atom stereocenters. The van der Waals surface area contributed by atoms with Crippen LogP contribution in [0.3, 0.4) is 0 Å². The van der Waals surface area contributed by atoms with Gasteiger partial charge in [-0.3, -0.25) is 4.90 Å². The minimum absolute atomic E-state index is 0.117. The summed E-state index contributed by atoms with van der Waals surface area (Å²) in [6.07, 6.45) is 2.70. The van der Waals surface area contributed by atoms with Crippen LogP contribution in [0.15, 0.2) is 0 Å². The number of hydrogen-bond donors (Lipinski definition) is 1. The van der Waals surface area contributed by atoms with Gasteiger partial charge in [0.25, 0.3) is 0 Å². The molecule has 0 amide bonds. The number of rotatable bonds is 4. The van der Waals surface area contributed by atoms with Crippen molar-refractivity contribution in [3.05, 3.63) is 0 Å². The predicted octanol–water partition coefficient (Wildman–Crippen LogP) is 1.49. The van der Waals surface area contributed by atoms with Gasteiger partial charge in [0.05, 0.1) is 12.2 Å². The molecule has 0 aromatic rings. The molecule has 0 radical (unpaired) electrons. The van der Waals surface area contributed by atoms with Gasteiger partial charge in [0, 0.05) is 25.7 Å². The van der Waals surface area contributed by atoms with Crippen LogP contribution >= 0.6 is 0 Å². The second-order valence-corrected chi connectivity index (χ2v) is 5.92. The maximum absolute atomic E-state index is 5.94. The molecule has 0 aliphatic carbocycles. The van der Waals surface area contributed by atoms with Crippen molar-refractivity contribution in [3.8, 4) is 0 Å². The first kappa shape index (κ1) is 12.3. The minimum Gasteiger partial charge on any atom is -0.371 e. The van der Waals surface area contributed by atoms with E-state index in [1.54, 1.807) is 0 Å². The molecule has 0 bridgehead atoms. The molecule has 2 aliphatic heterocycles. The van der Waals surface area contributed by atoms with Crippen LogP contribution in [-0.2, 0) is 4.74 Å². The van der Waals surface area contributed by atoms with E-state index in [1.807, 2.05) is 0 Å². The first-order chi connectivity index (χ1) is 7.59. The van der Waals surface area contributed by atoms with E-state index in [0.29, 0.717) is 0 Å². The first-order valence-electron chi connectivity index (χ1n) is 6.68. The molecule has 2 aliphatic rings. The van der Waals surface area contributed by atoms with Crippen molar-refractivity contribution in [3.63, 3.8) is 0 Å². The third-order valence-corrected chi connectivity index (χ3v) is 4.10. The van der Waals surface area contributed by atoms with Crippen molar-refractivity contribution in [2.24, 2.45) is 5.92 Å². The molecule has 0 aromatic heterocycles. The number of ether oxygens (including phenoxy) is 1. The predicted molar refractivity (Wildman–Crippen MR) is 66.7 cm³/mol. The zero-order chi connectivity index (χ0) is 11.6. The zero-order valence-corrected chi connectivity index (χ0v) is 11.0. The van der Waals surface area contributed by atoms with Gasteiger partial charge in [0.15, 0.2) is 0 Å². The second-order valence-electron chi connectivity index (χ2n) is 5.92. The van der Waals surface area contributed by atoms with Crippen LogP contribution in [0, 0.1) is 5.92 Å². The van der Waals surface area contributed by atoms with E-state index in [1.165, 1.54) is 19.4 Å². The highest BCUT2D eigenvalue weighted by atomic mass is 16.5. The fourth-order valence-corrected chi connectivity index (χ4v) is 2.78. The number of nitrogens with one attached hydrogen (secondary N) is 1. The Morgan fingerprint density at radius 2 is 2.12 bits per heavy atom. The lowest BCUT2D eigenvalue weighted by atomic mass is 9.93. The normalized spacial score (nSPS) is 34.7. The standard InChI is InChI=1S/C13H26N2O/c1-11-4-5-15(12(2)8-11)6-7-16-13(3)9-14-10-13/h11-12,14H,4-10H2,1-3H3. The maximum atomic E-state index is 5.94. The lowest BCUT2D eigenvalue weighted by Crippen LogP contribution is -2.59. The molecule has 0 spiro atoms. The van der Waals surface area contributed by atoms with Crippen molar-refractivity contribution in [2.45, 2.75) is 45.3 Å². The van der Waals surface area contributed by atoms with Crippen LogP contribution in [0.2, 0.25) is 0 Å². The minimum atomic E-state index is 0.117. The van der Waals surface area contributed by atoms with Crippen molar-refractivity contribution in [1.82, 2.24) is 10.2 Å². The summed E-state index contributed by atoms with van der Waals surface area (Å²) in [4.78, 5) is 2.58. The first-order valence-corrected chi connectivity index (χ1v) is 6.68. The molecule has 1 N–H and O–H groups in total. The summed E-state index contributed by atoms with van der Waals surface area (Å²) in [5.41, 5.74) is 0.117. The molecule has 94 valence electrons. The van der Waals surface area contributed by atoms with E-state index >= 15 is 0 Å². The SMILES string of the molecule is CC1CCN(CCOC2(C)CNC2)C(C)C1. The average Bonchev–Trinajstić information content (AvgIpc) is 2.19. The number of nitrogens with zero attached hydrogens (tertiary/aromatic N) is 1. The Hall–Kier alpha value is -0.120. The Morgan fingerprint density at radius 3 is 2.69 bits per heavy atom. The van der Waals surface area contributed by atoms with Crippen LogP contribution < -0.4 is 5.32 Å². The highest BCUT2D eigenvalue weighted by molar-refractivity contribution is 4.90. The van der Waals surface area contributed by atoms with Crippen LogP contribution in [0.5, 0.6) is 0 Å². The number of likely N-dealkylation sites (tertiary alicyclic amines) is 1. The molecule has 3 heteroatoms. The Balaban J connectivity index is 1.65. The maximum Gasteiger partial charge on any atom is 0.0902 e. The summed E-state index contributed by atoms with van der Waals surface area (Å²) in [6, 6.07) is 0.736. The summed E-state index contributed by atoms with van der Waals surface area (Å²) in [5, 5.41) is 3.27. The van der Waals surface area contributed by atoms with E-state index in [9.17, 15) is 0 Å². The largest absolute Gasteiger partial charge is 0.371 e. The van der Waals surface area contributed by atoms with Gasteiger partial charge in [-0.05, 0) is 39.2 Å². The lowest BCUT2D eigenvalue weighted by Gasteiger charge is -2.41. The molecule has 0 aromatic carbocycles. The Morgan fingerprint density at radius 1 is 1.38 bits per heavy atom. The van der Waals surface area contributed by atoms with Crippen molar-refractivity contribution >= 4 is 0 Å². The second kappa shape index (κ2) is 5.03. The molecule has 2 rings (SSSR count). The Bertz CT molecular complexity index is 228. The van der Waals surface area contributed by atoms with E-state index in [4.69, 9.17) is 4.74 Å². The Kier molecular flexibility index (Phi) is 3.88. The molecule has 0 saturated carbocycles. The smallest absolute Gasteiger partial charge is 0.0902 e. The molecular formula is C13H26N2O. The molecular weight excluding hydrogens is 200 g/mol. The van der Waals surface area contributed by atoms with Crippen LogP contribution in [0.4, 0.5) is 0 Å². The number of hydrogen-bond acceptors (Lipinski definition) is 3. The van der Waals surface area contributed by atoms with Crippen molar-refractivity contribution in [2.75, 3.05) is 32.8 Å². The molecule has 2 fully saturated rings. The molecule has 16 heavy (non-hydrogen) atoms. The molecule has 2 heterocycles. The zero-order valence-electron chi connectivity index (χ0n) is 11.0. The highest BCUT2D eigenvalue weighted by Gasteiger charge is 2.32. The third kappa shape index (κ3) is 2.96. The van der Waals surface area contributed by atoms with Gasteiger partial charge in [-0.15, -0.1) is 0 Å². The topological polar surface area (TPSA) is 24.5 Å².